The van der Waals surface area contributed by atoms with Gasteiger partial charge in [0.25, 0.3) is 0 Å². The maximum atomic E-state index is 9.52. The van der Waals surface area contributed by atoms with E-state index in [-0.39, 0.29) is 0 Å². The molecular formula is C20H15ClN2O2. The summed E-state index contributed by atoms with van der Waals surface area (Å²) in [5.74, 6) is 0.396. The molecule has 2 N–H and O–H groups in total. The van der Waals surface area contributed by atoms with E-state index in [1.807, 2.05) is 66.7 Å². The number of para-hydroxylation sites is 1. The number of aliphatic imine (C=N–C) groups is 1. The number of hydrogen-bond acceptors (Lipinski definition) is 3. The minimum absolute atomic E-state index is 0.396. The second-order valence-electron chi connectivity index (χ2n) is 5.72. The number of nitrogens with zero attached hydrogens (tertiary/aromatic N) is 1. The van der Waals surface area contributed by atoms with Gasteiger partial charge < -0.3 is 4.42 Å². The fourth-order valence-electron chi connectivity index (χ4n) is 2.87. The van der Waals surface area contributed by atoms with Crippen LogP contribution in [0.3, 0.4) is 0 Å². The Hall–Kier alpha value is -2.82. The fraction of sp³-hybridized carbons (Fsp3) is 0.0500. The topological polar surface area (TPSA) is 57.8 Å². The monoisotopic (exact) mass is 350 g/mol. The molecule has 4 aromatic rings. The maximum absolute atomic E-state index is 9.52. The standard InChI is InChI=1S/C20H15ClN2O2/c21-15-5-3-4-13(10-15)12-22-20(23-24)14-8-9-19-17(11-14)16-6-1-2-7-18(16)25-19/h1-11,24H,12H2,(H,22,23). The average molecular weight is 351 g/mol. The summed E-state index contributed by atoms with van der Waals surface area (Å²) < 4.78 is 5.83. The smallest absolute Gasteiger partial charge is 0.152 e. The van der Waals surface area contributed by atoms with Crippen molar-refractivity contribution in [2.45, 2.75) is 6.54 Å². The molecule has 25 heavy (non-hydrogen) atoms. The number of furan rings is 1. The van der Waals surface area contributed by atoms with Crippen molar-refractivity contribution in [2.75, 3.05) is 0 Å². The van der Waals surface area contributed by atoms with Gasteiger partial charge in [0.2, 0.25) is 0 Å². The van der Waals surface area contributed by atoms with Gasteiger partial charge in [-0.2, -0.15) is 0 Å². The normalized spacial score (nSPS) is 12.0. The van der Waals surface area contributed by atoms with Crippen molar-refractivity contribution in [2.24, 2.45) is 4.99 Å². The molecule has 0 unspecified atom stereocenters. The SMILES string of the molecule is ONC(=NCc1cccc(Cl)c1)c1ccc2oc3ccccc3c2c1. The Balaban J connectivity index is 1.73. The molecule has 0 fully saturated rings. The number of halogens is 1. The van der Waals surface area contributed by atoms with E-state index in [0.29, 0.717) is 17.4 Å². The Morgan fingerprint density at radius 2 is 1.80 bits per heavy atom. The van der Waals surface area contributed by atoms with Crippen LogP contribution in [0.4, 0.5) is 0 Å². The third kappa shape index (κ3) is 3.09. The number of amidine groups is 1. The van der Waals surface area contributed by atoms with Crippen LogP contribution in [0, 0.1) is 0 Å². The van der Waals surface area contributed by atoms with Gasteiger partial charge >= 0.3 is 0 Å². The van der Waals surface area contributed by atoms with Crippen molar-refractivity contribution < 1.29 is 9.62 Å². The molecule has 0 aliphatic rings. The van der Waals surface area contributed by atoms with E-state index in [4.69, 9.17) is 16.0 Å². The number of nitrogens with one attached hydrogen (secondary N) is 1. The van der Waals surface area contributed by atoms with Gasteiger partial charge in [0.15, 0.2) is 5.84 Å². The van der Waals surface area contributed by atoms with Gasteiger partial charge in [-0.1, -0.05) is 41.9 Å². The zero-order valence-electron chi connectivity index (χ0n) is 13.2. The lowest BCUT2D eigenvalue weighted by atomic mass is 10.1. The van der Waals surface area contributed by atoms with Gasteiger partial charge in [-0.05, 0) is 42.0 Å². The summed E-state index contributed by atoms with van der Waals surface area (Å²) in [4.78, 5) is 4.46. The van der Waals surface area contributed by atoms with Gasteiger partial charge in [-0.3, -0.25) is 15.7 Å². The van der Waals surface area contributed by atoms with E-state index in [1.165, 1.54) is 0 Å². The van der Waals surface area contributed by atoms with Crippen LogP contribution in [0.2, 0.25) is 5.02 Å². The highest BCUT2D eigenvalue weighted by Gasteiger charge is 2.09. The van der Waals surface area contributed by atoms with E-state index < -0.39 is 0 Å². The van der Waals surface area contributed by atoms with Crippen LogP contribution >= 0.6 is 11.6 Å². The lowest BCUT2D eigenvalue weighted by Gasteiger charge is -2.06. The molecule has 5 heteroatoms. The second kappa shape index (κ2) is 6.59. The third-order valence-corrected chi connectivity index (χ3v) is 4.30. The Kier molecular flexibility index (Phi) is 4.14. The zero-order chi connectivity index (χ0) is 17.2. The van der Waals surface area contributed by atoms with E-state index in [1.54, 1.807) is 0 Å². The molecule has 0 aliphatic carbocycles. The summed E-state index contributed by atoms with van der Waals surface area (Å²) in [7, 11) is 0. The first-order chi connectivity index (χ1) is 12.2. The lowest BCUT2D eigenvalue weighted by Crippen LogP contribution is -2.20. The molecule has 1 aromatic heterocycles. The summed E-state index contributed by atoms with van der Waals surface area (Å²) >= 11 is 6.00. The van der Waals surface area contributed by atoms with Crippen molar-refractivity contribution in [1.82, 2.24) is 5.48 Å². The number of hydroxylamine groups is 1. The fourth-order valence-corrected chi connectivity index (χ4v) is 3.08. The van der Waals surface area contributed by atoms with Crippen molar-refractivity contribution >= 4 is 39.4 Å². The molecule has 0 atom stereocenters. The molecule has 4 nitrogen and oxygen atoms in total. The molecule has 0 amide bonds. The highest BCUT2D eigenvalue weighted by atomic mass is 35.5. The van der Waals surface area contributed by atoms with E-state index in [2.05, 4.69) is 10.5 Å². The van der Waals surface area contributed by atoms with Crippen LogP contribution < -0.4 is 5.48 Å². The number of fused-ring (bicyclic) bond motifs is 3. The maximum Gasteiger partial charge on any atom is 0.152 e. The summed E-state index contributed by atoms with van der Waals surface area (Å²) in [6.45, 7) is 0.410. The average Bonchev–Trinajstić information content (AvgIpc) is 3.00. The van der Waals surface area contributed by atoms with Gasteiger partial charge in [-0.25, -0.2) is 0 Å². The molecule has 4 rings (SSSR count). The molecule has 3 aromatic carbocycles. The molecule has 0 saturated heterocycles. The lowest BCUT2D eigenvalue weighted by molar-refractivity contribution is 0.234. The summed E-state index contributed by atoms with van der Waals surface area (Å²) in [6, 6.07) is 21.1. The molecule has 124 valence electrons. The number of benzene rings is 3. The van der Waals surface area contributed by atoms with E-state index in [9.17, 15) is 5.21 Å². The van der Waals surface area contributed by atoms with Crippen LogP contribution in [-0.2, 0) is 6.54 Å². The largest absolute Gasteiger partial charge is 0.456 e. The molecule has 0 spiro atoms. The van der Waals surface area contributed by atoms with Gasteiger partial charge in [0.1, 0.15) is 11.2 Å². The van der Waals surface area contributed by atoms with E-state index in [0.717, 1.165) is 33.1 Å². The first-order valence-corrected chi connectivity index (χ1v) is 8.23. The van der Waals surface area contributed by atoms with Crippen LogP contribution in [-0.4, -0.2) is 11.0 Å². The summed E-state index contributed by atoms with van der Waals surface area (Å²) in [5.41, 5.74) is 5.58. The number of rotatable bonds is 3. The van der Waals surface area contributed by atoms with Gasteiger partial charge in [0.05, 0.1) is 6.54 Å². The quantitative estimate of drug-likeness (QED) is 0.304. The third-order valence-electron chi connectivity index (χ3n) is 4.06. The van der Waals surface area contributed by atoms with Crippen molar-refractivity contribution in [3.63, 3.8) is 0 Å². The van der Waals surface area contributed by atoms with Gasteiger partial charge in [0, 0.05) is 21.4 Å². The minimum atomic E-state index is 0.396. The Morgan fingerprint density at radius 1 is 0.960 bits per heavy atom. The minimum Gasteiger partial charge on any atom is -0.456 e. The van der Waals surface area contributed by atoms with Crippen LogP contribution in [0.15, 0.2) is 76.1 Å². The number of hydrogen-bond donors (Lipinski definition) is 2. The highest BCUT2D eigenvalue weighted by molar-refractivity contribution is 6.30. The highest BCUT2D eigenvalue weighted by Crippen LogP contribution is 2.29. The first kappa shape index (κ1) is 15.7. The molecule has 1 heterocycles. The van der Waals surface area contributed by atoms with Crippen LogP contribution in [0.25, 0.3) is 21.9 Å². The summed E-state index contributed by atoms with van der Waals surface area (Å²) in [6.07, 6.45) is 0. The molecule has 0 aliphatic heterocycles. The van der Waals surface area contributed by atoms with Crippen molar-refractivity contribution in [1.29, 1.82) is 0 Å². The van der Waals surface area contributed by atoms with E-state index >= 15 is 0 Å². The first-order valence-electron chi connectivity index (χ1n) is 7.85. The molecule has 0 radical (unpaired) electrons. The van der Waals surface area contributed by atoms with Crippen LogP contribution in [0.1, 0.15) is 11.1 Å². The Labute approximate surface area is 149 Å². The molecular weight excluding hydrogens is 336 g/mol. The molecule has 0 bridgehead atoms. The second-order valence-corrected chi connectivity index (χ2v) is 6.15. The van der Waals surface area contributed by atoms with Crippen LogP contribution in [0.5, 0.6) is 0 Å². The van der Waals surface area contributed by atoms with Crippen molar-refractivity contribution in [3.8, 4) is 0 Å². The van der Waals surface area contributed by atoms with Crippen molar-refractivity contribution in [3.05, 3.63) is 82.9 Å². The summed E-state index contributed by atoms with van der Waals surface area (Å²) in [5, 5.41) is 12.2. The Bertz CT molecular complexity index is 1090. The van der Waals surface area contributed by atoms with Gasteiger partial charge in [-0.15, -0.1) is 0 Å². The molecule has 0 saturated carbocycles. The predicted molar refractivity (Wildman–Crippen MR) is 100 cm³/mol. The predicted octanol–water partition coefficient (Wildman–Crippen LogP) is 5.17. The Morgan fingerprint density at radius 3 is 2.64 bits per heavy atom. The zero-order valence-corrected chi connectivity index (χ0v) is 14.0.